The molecule has 7 heteroatoms. The highest BCUT2D eigenvalue weighted by Gasteiger charge is 2.20. The lowest BCUT2D eigenvalue weighted by atomic mass is 10.2. The van der Waals surface area contributed by atoms with Crippen molar-refractivity contribution < 1.29 is 9.59 Å². The summed E-state index contributed by atoms with van der Waals surface area (Å²) in [6.07, 6.45) is 0.776. The largest absolute Gasteiger partial charge is 0.368 e. The number of benzene rings is 2. The van der Waals surface area contributed by atoms with E-state index < -0.39 is 0 Å². The third kappa shape index (κ3) is 6.98. The van der Waals surface area contributed by atoms with Crippen molar-refractivity contribution in [1.29, 1.82) is 0 Å². The summed E-state index contributed by atoms with van der Waals surface area (Å²) in [5.41, 5.74) is 1.20. The number of halogens is 1. The number of rotatable bonds is 8. The second kappa shape index (κ2) is 11.1. The van der Waals surface area contributed by atoms with Crippen molar-refractivity contribution in [3.8, 4) is 0 Å². The Bertz CT molecular complexity index is 793. The molecule has 0 aliphatic carbocycles. The first-order valence-corrected chi connectivity index (χ1v) is 11.2. The number of hydrogen-bond donors (Lipinski definition) is 1. The van der Waals surface area contributed by atoms with Crippen LogP contribution in [0, 0.1) is 0 Å². The molecule has 0 atom stereocenters. The maximum atomic E-state index is 12.4. The predicted molar refractivity (Wildman–Crippen MR) is 120 cm³/mol. The molecule has 29 heavy (non-hydrogen) atoms. The van der Waals surface area contributed by atoms with E-state index in [4.69, 9.17) is 11.6 Å². The molecule has 3 rings (SSSR count). The van der Waals surface area contributed by atoms with E-state index in [1.807, 2.05) is 47.4 Å². The van der Waals surface area contributed by atoms with Gasteiger partial charge in [0.2, 0.25) is 11.8 Å². The molecule has 0 saturated carbocycles. The van der Waals surface area contributed by atoms with Crippen molar-refractivity contribution in [2.75, 3.05) is 43.4 Å². The van der Waals surface area contributed by atoms with Gasteiger partial charge in [-0.25, -0.2) is 0 Å². The Labute approximate surface area is 181 Å². The average Bonchev–Trinajstić information content (AvgIpc) is 2.76. The molecule has 0 radical (unpaired) electrons. The molecular formula is C22H26ClN3O2S. The summed E-state index contributed by atoms with van der Waals surface area (Å²) in [6.45, 7) is 3.51. The van der Waals surface area contributed by atoms with Crippen molar-refractivity contribution in [2.45, 2.75) is 17.7 Å². The smallest absolute Gasteiger partial charge is 0.224 e. The van der Waals surface area contributed by atoms with Crippen LogP contribution >= 0.6 is 23.4 Å². The Morgan fingerprint density at radius 2 is 1.62 bits per heavy atom. The highest BCUT2D eigenvalue weighted by atomic mass is 35.5. The van der Waals surface area contributed by atoms with Crippen LogP contribution in [-0.4, -0.2) is 55.2 Å². The first kappa shape index (κ1) is 21.5. The Kier molecular flexibility index (Phi) is 8.25. The summed E-state index contributed by atoms with van der Waals surface area (Å²) in [5, 5.41) is 3.56. The minimum absolute atomic E-state index is 0.0202. The van der Waals surface area contributed by atoms with E-state index in [0.29, 0.717) is 30.2 Å². The van der Waals surface area contributed by atoms with Crippen LogP contribution in [0.25, 0.3) is 0 Å². The molecule has 2 amide bonds. The first-order chi connectivity index (χ1) is 14.1. The SMILES string of the molecule is O=C(CCSc1ccc(Cl)cc1)NCCC(=O)N1CCN(c2ccccc2)CC1. The number of para-hydroxylation sites is 1. The zero-order valence-corrected chi connectivity index (χ0v) is 17.9. The third-order valence-corrected chi connectivity index (χ3v) is 6.09. The van der Waals surface area contributed by atoms with Crippen molar-refractivity contribution in [3.05, 3.63) is 59.6 Å². The Hall–Kier alpha value is -2.18. The number of nitrogens with zero attached hydrogens (tertiary/aromatic N) is 2. The van der Waals surface area contributed by atoms with Gasteiger partial charge in [0.15, 0.2) is 0 Å². The maximum absolute atomic E-state index is 12.4. The zero-order chi connectivity index (χ0) is 20.5. The number of thioether (sulfide) groups is 1. The summed E-state index contributed by atoms with van der Waals surface area (Å²) in [7, 11) is 0. The molecule has 0 spiro atoms. The maximum Gasteiger partial charge on any atom is 0.224 e. The van der Waals surface area contributed by atoms with Gasteiger partial charge in [-0.15, -0.1) is 11.8 Å². The molecule has 1 aliphatic rings. The van der Waals surface area contributed by atoms with Gasteiger partial charge < -0.3 is 15.1 Å². The van der Waals surface area contributed by atoms with Crippen molar-refractivity contribution in [3.63, 3.8) is 0 Å². The van der Waals surface area contributed by atoms with E-state index >= 15 is 0 Å². The molecule has 5 nitrogen and oxygen atoms in total. The van der Waals surface area contributed by atoms with Gasteiger partial charge in [-0.1, -0.05) is 29.8 Å². The van der Waals surface area contributed by atoms with Gasteiger partial charge in [0, 0.05) is 66.9 Å². The third-order valence-electron chi connectivity index (χ3n) is 4.83. The Morgan fingerprint density at radius 3 is 2.31 bits per heavy atom. The van der Waals surface area contributed by atoms with Gasteiger partial charge in [0.1, 0.15) is 0 Å². The Balaban J connectivity index is 1.28. The van der Waals surface area contributed by atoms with Crippen molar-refractivity contribution in [2.24, 2.45) is 0 Å². The number of anilines is 1. The van der Waals surface area contributed by atoms with Crippen LogP contribution in [0.3, 0.4) is 0 Å². The summed E-state index contributed by atoms with van der Waals surface area (Å²) in [4.78, 5) is 29.6. The van der Waals surface area contributed by atoms with Gasteiger partial charge in [0.05, 0.1) is 0 Å². The molecule has 2 aromatic rings. The quantitative estimate of drug-likeness (QED) is 0.648. The number of piperazine rings is 1. The number of nitrogens with one attached hydrogen (secondary N) is 1. The molecule has 1 fully saturated rings. The van der Waals surface area contributed by atoms with Gasteiger partial charge >= 0.3 is 0 Å². The Morgan fingerprint density at radius 1 is 0.931 bits per heavy atom. The van der Waals surface area contributed by atoms with Crippen LogP contribution in [0.5, 0.6) is 0 Å². The molecule has 2 aromatic carbocycles. The van der Waals surface area contributed by atoms with Crippen LogP contribution in [-0.2, 0) is 9.59 Å². The van der Waals surface area contributed by atoms with E-state index in [9.17, 15) is 9.59 Å². The lowest BCUT2D eigenvalue weighted by molar-refractivity contribution is -0.131. The van der Waals surface area contributed by atoms with E-state index in [1.165, 1.54) is 5.69 Å². The standard InChI is InChI=1S/C22H26ClN3O2S/c23-18-6-8-20(9-7-18)29-17-11-21(27)24-12-10-22(28)26-15-13-25(14-16-26)19-4-2-1-3-5-19/h1-9H,10-17H2,(H,24,27). The van der Waals surface area contributed by atoms with Gasteiger partial charge in [-0.2, -0.15) is 0 Å². The van der Waals surface area contributed by atoms with E-state index in [0.717, 1.165) is 31.1 Å². The zero-order valence-electron chi connectivity index (χ0n) is 16.4. The van der Waals surface area contributed by atoms with Crippen LogP contribution in [0.2, 0.25) is 5.02 Å². The van der Waals surface area contributed by atoms with Crippen LogP contribution < -0.4 is 10.2 Å². The minimum atomic E-state index is -0.0202. The van der Waals surface area contributed by atoms with Gasteiger partial charge in [0.25, 0.3) is 0 Å². The second-order valence-electron chi connectivity index (χ2n) is 6.86. The topological polar surface area (TPSA) is 52.7 Å². The molecular weight excluding hydrogens is 406 g/mol. The predicted octanol–water partition coefficient (Wildman–Crippen LogP) is 3.68. The molecule has 1 saturated heterocycles. The van der Waals surface area contributed by atoms with E-state index in [1.54, 1.807) is 11.8 Å². The molecule has 154 valence electrons. The number of carbonyl (C=O) groups excluding carboxylic acids is 2. The second-order valence-corrected chi connectivity index (χ2v) is 8.46. The molecule has 1 heterocycles. The minimum Gasteiger partial charge on any atom is -0.368 e. The molecule has 0 unspecified atom stereocenters. The molecule has 0 aromatic heterocycles. The first-order valence-electron chi connectivity index (χ1n) is 9.84. The molecule has 1 N–H and O–H groups in total. The normalized spacial score (nSPS) is 14.0. The number of amides is 2. The fourth-order valence-electron chi connectivity index (χ4n) is 3.20. The van der Waals surface area contributed by atoms with Crippen molar-refractivity contribution in [1.82, 2.24) is 10.2 Å². The highest BCUT2D eigenvalue weighted by Crippen LogP contribution is 2.21. The van der Waals surface area contributed by atoms with Gasteiger partial charge in [-0.3, -0.25) is 9.59 Å². The summed E-state index contributed by atoms with van der Waals surface area (Å²) in [5.74, 6) is 0.782. The van der Waals surface area contributed by atoms with Crippen LogP contribution in [0.1, 0.15) is 12.8 Å². The molecule has 0 bridgehead atoms. The van der Waals surface area contributed by atoms with E-state index in [-0.39, 0.29) is 11.8 Å². The van der Waals surface area contributed by atoms with E-state index in [2.05, 4.69) is 22.3 Å². The molecule has 1 aliphatic heterocycles. The summed E-state index contributed by atoms with van der Waals surface area (Å²) in [6, 6.07) is 17.8. The van der Waals surface area contributed by atoms with Crippen LogP contribution in [0.15, 0.2) is 59.5 Å². The monoisotopic (exact) mass is 431 g/mol. The average molecular weight is 432 g/mol. The van der Waals surface area contributed by atoms with Gasteiger partial charge in [-0.05, 0) is 36.4 Å². The fraction of sp³-hybridized carbons (Fsp3) is 0.364. The highest BCUT2D eigenvalue weighted by molar-refractivity contribution is 7.99. The summed E-state index contributed by atoms with van der Waals surface area (Å²) < 4.78 is 0. The fourth-order valence-corrected chi connectivity index (χ4v) is 4.18. The summed E-state index contributed by atoms with van der Waals surface area (Å²) >= 11 is 7.48. The van der Waals surface area contributed by atoms with Crippen LogP contribution in [0.4, 0.5) is 5.69 Å². The lowest BCUT2D eigenvalue weighted by Gasteiger charge is -2.36. The number of hydrogen-bond acceptors (Lipinski definition) is 4. The lowest BCUT2D eigenvalue weighted by Crippen LogP contribution is -2.49. The van der Waals surface area contributed by atoms with Crippen molar-refractivity contribution >= 4 is 40.9 Å². The number of carbonyl (C=O) groups is 2.